The smallest absolute Gasteiger partial charge is 0.247 e. The third-order valence-electron chi connectivity index (χ3n) is 4.60. The molecule has 0 radical (unpaired) electrons. The number of benzene rings is 1. The van der Waals surface area contributed by atoms with E-state index >= 15 is 0 Å². The Morgan fingerprint density at radius 1 is 1.22 bits per heavy atom. The number of carbonyl (C=O) groups excluding carboxylic acids is 1. The van der Waals surface area contributed by atoms with Crippen molar-refractivity contribution in [2.24, 2.45) is 0 Å². The molecule has 0 aliphatic heterocycles. The minimum atomic E-state index is -0.510. The molecular formula is C20H21FN4O2. The summed E-state index contributed by atoms with van der Waals surface area (Å²) in [6, 6.07) is 6.87. The van der Waals surface area contributed by atoms with Gasteiger partial charge in [0, 0.05) is 24.2 Å². The second-order valence-electron chi connectivity index (χ2n) is 6.44. The fraction of sp³-hybridized carbons (Fsp3) is 0.250. The maximum atomic E-state index is 13.8. The van der Waals surface area contributed by atoms with Crippen LogP contribution in [0.2, 0.25) is 0 Å². The van der Waals surface area contributed by atoms with E-state index in [1.54, 1.807) is 41.7 Å². The lowest BCUT2D eigenvalue weighted by atomic mass is 10.0. The monoisotopic (exact) mass is 368 g/mol. The summed E-state index contributed by atoms with van der Waals surface area (Å²) in [5.74, 6) is -0.741. The molecule has 0 saturated carbocycles. The van der Waals surface area contributed by atoms with Crippen molar-refractivity contribution >= 4 is 5.91 Å². The second kappa shape index (κ2) is 8.09. The number of halogens is 1. The van der Waals surface area contributed by atoms with Crippen molar-refractivity contribution in [3.63, 3.8) is 0 Å². The van der Waals surface area contributed by atoms with Gasteiger partial charge in [-0.1, -0.05) is 12.1 Å². The van der Waals surface area contributed by atoms with Crippen molar-refractivity contribution in [1.82, 2.24) is 20.2 Å². The molecule has 27 heavy (non-hydrogen) atoms. The number of carbonyl (C=O) groups is 1. The zero-order chi connectivity index (χ0) is 19.4. The van der Waals surface area contributed by atoms with Crippen LogP contribution in [0.1, 0.15) is 27.9 Å². The van der Waals surface area contributed by atoms with Crippen LogP contribution in [0.15, 0.2) is 42.9 Å². The zero-order valence-corrected chi connectivity index (χ0v) is 15.2. The summed E-state index contributed by atoms with van der Waals surface area (Å²) in [6.07, 6.45) is 6.37. The van der Waals surface area contributed by atoms with Crippen LogP contribution in [0.5, 0.6) is 0 Å². The fourth-order valence-corrected chi connectivity index (χ4v) is 3.04. The predicted molar refractivity (Wildman–Crippen MR) is 98.3 cm³/mol. The minimum Gasteiger partial charge on any atom is -0.289 e. The molecule has 2 N–H and O–H groups in total. The van der Waals surface area contributed by atoms with E-state index in [9.17, 15) is 9.18 Å². The third-order valence-corrected chi connectivity index (χ3v) is 4.60. The number of hydrogen-bond donors (Lipinski definition) is 2. The van der Waals surface area contributed by atoms with Gasteiger partial charge in [0.25, 0.3) is 0 Å². The average molecular weight is 368 g/mol. The number of hydroxylamine groups is 1. The van der Waals surface area contributed by atoms with Crippen molar-refractivity contribution in [3.05, 3.63) is 76.6 Å². The average Bonchev–Trinajstić information content (AvgIpc) is 3.05. The molecule has 1 amide bonds. The van der Waals surface area contributed by atoms with Gasteiger partial charge in [-0.2, -0.15) is 5.10 Å². The predicted octanol–water partition coefficient (Wildman–Crippen LogP) is 2.86. The highest BCUT2D eigenvalue weighted by Crippen LogP contribution is 2.19. The van der Waals surface area contributed by atoms with Crippen molar-refractivity contribution < 1.29 is 14.4 Å². The first kappa shape index (κ1) is 18.7. The Morgan fingerprint density at radius 2 is 2.04 bits per heavy atom. The first-order valence-electron chi connectivity index (χ1n) is 8.65. The zero-order valence-electron chi connectivity index (χ0n) is 15.2. The van der Waals surface area contributed by atoms with Gasteiger partial charge in [-0.3, -0.25) is 15.0 Å². The Hall–Kier alpha value is -3.06. The molecule has 0 unspecified atom stereocenters. The van der Waals surface area contributed by atoms with Crippen LogP contribution in [-0.4, -0.2) is 25.9 Å². The number of aryl methyl sites for hydroxylation is 3. The molecule has 0 spiro atoms. The van der Waals surface area contributed by atoms with Crippen molar-refractivity contribution in [3.8, 4) is 5.69 Å². The standard InChI is InChI=1S/C20H21FN4O2/c1-13-11-22-9-8-19(13)25-12-16(10-20(26)24-27)18(23-25)7-6-15-4-3-5-17(21)14(15)2/h3-5,8-9,11-12,27H,6-7,10H2,1-2H3,(H,24,26). The molecule has 0 fully saturated rings. The number of rotatable bonds is 6. The van der Waals surface area contributed by atoms with Crippen LogP contribution in [0.25, 0.3) is 5.69 Å². The van der Waals surface area contributed by atoms with E-state index < -0.39 is 5.91 Å². The van der Waals surface area contributed by atoms with Gasteiger partial charge in [0.1, 0.15) is 5.82 Å². The Balaban J connectivity index is 1.91. The van der Waals surface area contributed by atoms with Crippen LogP contribution in [0.3, 0.4) is 0 Å². The quantitative estimate of drug-likeness (QED) is 0.518. The number of amides is 1. The molecule has 1 aromatic carbocycles. The molecule has 0 bridgehead atoms. The molecule has 3 rings (SSSR count). The van der Waals surface area contributed by atoms with Crippen LogP contribution in [0.4, 0.5) is 4.39 Å². The summed E-state index contributed by atoms with van der Waals surface area (Å²) in [5.41, 5.74) is 6.45. The molecule has 6 nitrogen and oxygen atoms in total. The van der Waals surface area contributed by atoms with E-state index in [0.29, 0.717) is 24.0 Å². The van der Waals surface area contributed by atoms with Crippen LogP contribution >= 0.6 is 0 Å². The molecule has 3 aromatic rings. The second-order valence-corrected chi connectivity index (χ2v) is 6.44. The summed E-state index contributed by atoms with van der Waals surface area (Å²) in [4.78, 5) is 15.7. The topological polar surface area (TPSA) is 80.0 Å². The Bertz CT molecular complexity index is 968. The summed E-state index contributed by atoms with van der Waals surface area (Å²) < 4.78 is 15.5. The van der Waals surface area contributed by atoms with E-state index in [0.717, 1.165) is 22.5 Å². The highest BCUT2D eigenvalue weighted by molar-refractivity contribution is 5.77. The summed E-state index contributed by atoms with van der Waals surface area (Å²) in [6.45, 7) is 3.68. The van der Waals surface area contributed by atoms with Gasteiger partial charge in [-0.15, -0.1) is 0 Å². The lowest BCUT2D eigenvalue weighted by Crippen LogP contribution is -2.21. The lowest BCUT2D eigenvalue weighted by Gasteiger charge is -2.07. The number of aromatic nitrogens is 3. The molecule has 2 aromatic heterocycles. The minimum absolute atomic E-state index is 0.0120. The van der Waals surface area contributed by atoms with Gasteiger partial charge >= 0.3 is 0 Å². The van der Waals surface area contributed by atoms with Crippen LogP contribution < -0.4 is 5.48 Å². The third kappa shape index (κ3) is 4.20. The molecule has 140 valence electrons. The number of nitrogens with zero attached hydrogens (tertiary/aromatic N) is 3. The van der Waals surface area contributed by atoms with Crippen LogP contribution in [-0.2, 0) is 24.1 Å². The molecule has 0 atom stereocenters. The van der Waals surface area contributed by atoms with Gasteiger partial charge in [0.2, 0.25) is 5.91 Å². The number of hydrogen-bond acceptors (Lipinski definition) is 4. The van der Waals surface area contributed by atoms with Crippen molar-refractivity contribution in [2.45, 2.75) is 33.1 Å². The first-order valence-corrected chi connectivity index (χ1v) is 8.65. The number of pyridine rings is 1. The van der Waals surface area contributed by atoms with E-state index in [2.05, 4.69) is 10.1 Å². The maximum Gasteiger partial charge on any atom is 0.247 e. The van der Waals surface area contributed by atoms with Gasteiger partial charge < -0.3 is 0 Å². The molecule has 0 aliphatic rings. The normalized spacial score (nSPS) is 10.8. The lowest BCUT2D eigenvalue weighted by molar-refractivity contribution is -0.128. The van der Waals surface area contributed by atoms with Gasteiger partial charge in [0.05, 0.1) is 17.8 Å². The largest absolute Gasteiger partial charge is 0.289 e. The summed E-state index contributed by atoms with van der Waals surface area (Å²) in [7, 11) is 0. The van der Waals surface area contributed by atoms with E-state index in [1.165, 1.54) is 6.07 Å². The van der Waals surface area contributed by atoms with Gasteiger partial charge in [0.15, 0.2) is 0 Å². The highest BCUT2D eigenvalue weighted by atomic mass is 19.1. The summed E-state index contributed by atoms with van der Waals surface area (Å²) >= 11 is 0. The maximum absolute atomic E-state index is 13.8. The van der Waals surface area contributed by atoms with E-state index in [-0.39, 0.29) is 12.2 Å². The molecule has 2 heterocycles. The van der Waals surface area contributed by atoms with Gasteiger partial charge in [-0.25, -0.2) is 14.6 Å². The summed E-state index contributed by atoms with van der Waals surface area (Å²) in [5, 5.41) is 13.5. The first-order chi connectivity index (χ1) is 13.0. The van der Waals surface area contributed by atoms with Crippen molar-refractivity contribution in [2.75, 3.05) is 0 Å². The van der Waals surface area contributed by atoms with Crippen molar-refractivity contribution in [1.29, 1.82) is 0 Å². The fourth-order valence-electron chi connectivity index (χ4n) is 3.04. The van der Waals surface area contributed by atoms with E-state index in [4.69, 9.17) is 5.21 Å². The Kier molecular flexibility index (Phi) is 5.61. The van der Waals surface area contributed by atoms with Crippen LogP contribution in [0, 0.1) is 19.7 Å². The van der Waals surface area contributed by atoms with Gasteiger partial charge in [-0.05, 0) is 55.5 Å². The molecule has 0 saturated heterocycles. The Morgan fingerprint density at radius 3 is 2.78 bits per heavy atom. The molecule has 7 heteroatoms. The number of nitrogens with one attached hydrogen (secondary N) is 1. The van der Waals surface area contributed by atoms with E-state index in [1.807, 2.05) is 19.1 Å². The Labute approximate surface area is 156 Å². The highest BCUT2D eigenvalue weighted by Gasteiger charge is 2.15. The molecular weight excluding hydrogens is 347 g/mol. The SMILES string of the molecule is Cc1cnccc1-n1cc(CC(=O)NO)c(CCc2cccc(F)c2C)n1. The molecule has 0 aliphatic carbocycles.